The first kappa shape index (κ1) is 14.5. The molecule has 106 valence electrons. The summed E-state index contributed by atoms with van der Waals surface area (Å²) in [6.07, 6.45) is 1.92. The van der Waals surface area contributed by atoms with Crippen LogP contribution in [0.25, 0.3) is 11.6 Å². The zero-order valence-electron chi connectivity index (χ0n) is 11.4. The fraction of sp³-hybridized carbons (Fsp3) is 0.0588. The van der Waals surface area contributed by atoms with Gasteiger partial charge in [0, 0.05) is 0 Å². The Labute approximate surface area is 122 Å². The fourth-order valence-corrected chi connectivity index (χ4v) is 1.93. The fourth-order valence-electron chi connectivity index (χ4n) is 1.93. The maximum absolute atomic E-state index is 10.8. The first-order chi connectivity index (χ1) is 9.97. The molecule has 2 aromatic carbocycles. The number of rotatable bonds is 4. The smallest absolute Gasteiger partial charge is 0.335 e. The maximum Gasteiger partial charge on any atom is 0.335 e. The van der Waals surface area contributed by atoms with Crippen molar-refractivity contribution in [1.82, 2.24) is 0 Å². The molecule has 2 N–H and O–H groups in total. The lowest BCUT2D eigenvalue weighted by molar-refractivity contribution is 0.0686. The Morgan fingerprint density at radius 2 is 1.14 bits per heavy atom. The number of hydrogen-bond donors (Lipinski definition) is 2. The standard InChI is InChI=1S/C17H14O4/c1-11(13-6-8-15(9-7-13)17(20)21)10-12-2-4-14(5-3-12)16(18)19/h2-10H,1H3,(H,18,19)(H,20,21). The third-order valence-corrected chi connectivity index (χ3v) is 3.13. The Bertz CT molecular complexity index is 695. The second kappa shape index (κ2) is 6.05. The molecule has 2 rings (SSSR count). The summed E-state index contributed by atoms with van der Waals surface area (Å²) in [4.78, 5) is 21.6. The van der Waals surface area contributed by atoms with Gasteiger partial charge in [0.25, 0.3) is 0 Å². The molecular weight excluding hydrogens is 268 g/mol. The van der Waals surface area contributed by atoms with Gasteiger partial charge < -0.3 is 10.2 Å². The third kappa shape index (κ3) is 3.57. The summed E-state index contributed by atoms with van der Waals surface area (Å²) in [7, 11) is 0. The second-order valence-electron chi connectivity index (χ2n) is 4.64. The quantitative estimate of drug-likeness (QED) is 0.839. The van der Waals surface area contributed by atoms with Crippen molar-refractivity contribution >= 4 is 23.6 Å². The SMILES string of the molecule is CC(=Cc1ccc(C(=O)O)cc1)c1ccc(C(=O)O)cc1. The van der Waals surface area contributed by atoms with E-state index in [-0.39, 0.29) is 11.1 Å². The van der Waals surface area contributed by atoms with Crippen LogP contribution in [0.1, 0.15) is 38.8 Å². The number of carboxylic acid groups (broad SMARTS) is 2. The summed E-state index contributed by atoms with van der Waals surface area (Å²) < 4.78 is 0. The van der Waals surface area contributed by atoms with E-state index in [0.29, 0.717) is 0 Å². The molecule has 0 fully saturated rings. The summed E-state index contributed by atoms with van der Waals surface area (Å²) in [5.41, 5.74) is 3.27. The topological polar surface area (TPSA) is 74.6 Å². The van der Waals surface area contributed by atoms with Crippen LogP contribution in [0.3, 0.4) is 0 Å². The van der Waals surface area contributed by atoms with Gasteiger partial charge in [0.15, 0.2) is 0 Å². The van der Waals surface area contributed by atoms with Crippen LogP contribution in [0.2, 0.25) is 0 Å². The zero-order chi connectivity index (χ0) is 15.4. The number of hydrogen-bond acceptors (Lipinski definition) is 2. The van der Waals surface area contributed by atoms with Crippen LogP contribution in [0.5, 0.6) is 0 Å². The predicted octanol–water partition coefficient (Wildman–Crippen LogP) is 3.64. The molecule has 0 aliphatic carbocycles. The molecule has 0 saturated carbocycles. The van der Waals surface area contributed by atoms with Crippen LogP contribution in [-0.2, 0) is 0 Å². The molecule has 4 heteroatoms. The van der Waals surface area contributed by atoms with Crippen LogP contribution >= 0.6 is 0 Å². The number of carbonyl (C=O) groups is 2. The highest BCUT2D eigenvalue weighted by Gasteiger charge is 2.04. The molecule has 0 atom stereocenters. The molecule has 2 aromatic rings. The zero-order valence-corrected chi connectivity index (χ0v) is 11.4. The molecular formula is C17H14O4. The van der Waals surface area contributed by atoms with Gasteiger partial charge >= 0.3 is 11.9 Å². The Hall–Kier alpha value is -2.88. The molecule has 0 unspecified atom stereocenters. The predicted molar refractivity (Wildman–Crippen MR) is 80.3 cm³/mol. The van der Waals surface area contributed by atoms with E-state index in [0.717, 1.165) is 16.7 Å². The molecule has 0 bridgehead atoms. The van der Waals surface area contributed by atoms with Crippen LogP contribution in [0, 0.1) is 0 Å². The Balaban J connectivity index is 2.23. The lowest BCUT2D eigenvalue weighted by Gasteiger charge is -2.03. The van der Waals surface area contributed by atoms with E-state index in [2.05, 4.69) is 0 Å². The molecule has 0 radical (unpaired) electrons. The molecule has 0 aliphatic rings. The Kier molecular flexibility index (Phi) is 4.18. The van der Waals surface area contributed by atoms with E-state index in [1.807, 2.05) is 13.0 Å². The van der Waals surface area contributed by atoms with Crippen molar-refractivity contribution in [3.05, 3.63) is 70.8 Å². The summed E-state index contributed by atoms with van der Waals surface area (Å²) in [5, 5.41) is 17.7. The van der Waals surface area contributed by atoms with E-state index >= 15 is 0 Å². The van der Waals surface area contributed by atoms with E-state index in [9.17, 15) is 9.59 Å². The van der Waals surface area contributed by atoms with Gasteiger partial charge in [-0.2, -0.15) is 0 Å². The highest BCUT2D eigenvalue weighted by Crippen LogP contribution is 2.18. The van der Waals surface area contributed by atoms with Crippen LogP contribution < -0.4 is 0 Å². The van der Waals surface area contributed by atoms with E-state index < -0.39 is 11.9 Å². The van der Waals surface area contributed by atoms with Gasteiger partial charge in [0.1, 0.15) is 0 Å². The Morgan fingerprint density at radius 3 is 1.57 bits per heavy atom. The number of benzene rings is 2. The van der Waals surface area contributed by atoms with E-state index in [1.165, 1.54) is 0 Å². The molecule has 0 heterocycles. The number of allylic oxidation sites excluding steroid dienone is 1. The van der Waals surface area contributed by atoms with Gasteiger partial charge in [-0.1, -0.05) is 30.3 Å². The Morgan fingerprint density at radius 1 is 0.762 bits per heavy atom. The van der Waals surface area contributed by atoms with Crippen molar-refractivity contribution in [3.63, 3.8) is 0 Å². The van der Waals surface area contributed by atoms with Gasteiger partial charge in [-0.05, 0) is 47.9 Å². The highest BCUT2D eigenvalue weighted by molar-refractivity contribution is 5.89. The average Bonchev–Trinajstić information content (AvgIpc) is 2.47. The van der Waals surface area contributed by atoms with Crippen molar-refractivity contribution in [1.29, 1.82) is 0 Å². The van der Waals surface area contributed by atoms with Crippen LogP contribution in [0.4, 0.5) is 0 Å². The van der Waals surface area contributed by atoms with Gasteiger partial charge in [-0.3, -0.25) is 0 Å². The highest BCUT2D eigenvalue weighted by atomic mass is 16.4. The van der Waals surface area contributed by atoms with Crippen LogP contribution in [0.15, 0.2) is 48.5 Å². The van der Waals surface area contributed by atoms with Gasteiger partial charge in [-0.15, -0.1) is 0 Å². The lowest BCUT2D eigenvalue weighted by atomic mass is 10.0. The maximum atomic E-state index is 10.8. The van der Waals surface area contributed by atoms with Crippen molar-refractivity contribution < 1.29 is 19.8 Å². The minimum atomic E-state index is -0.952. The molecule has 4 nitrogen and oxygen atoms in total. The molecule has 21 heavy (non-hydrogen) atoms. The first-order valence-corrected chi connectivity index (χ1v) is 6.33. The summed E-state index contributed by atoms with van der Waals surface area (Å²) in [6, 6.07) is 13.2. The van der Waals surface area contributed by atoms with E-state index in [1.54, 1.807) is 48.5 Å². The molecule has 0 spiro atoms. The molecule has 0 aliphatic heterocycles. The monoisotopic (exact) mass is 282 g/mol. The number of aromatic carboxylic acids is 2. The van der Waals surface area contributed by atoms with Crippen molar-refractivity contribution in [3.8, 4) is 0 Å². The first-order valence-electron chi connectivity index (χ1n) is 6.33. The lowest BCUT2D eigenvalue weighted by Crippen LogP contribution is -1.95. The minimum Gasteiger partial charge on any atom is -0.478 e. The summed E-state index contributed by atoms with van der Waals surface area (Å²) in [6.45, 7) is 1.92. The normalized spacial score (nSPS) is 11.2. The second-order valence-corrected chi connectivity index (χ2v) is 4.64. The molecule has 0 aromatic heterocycles. The molecule has 0 saturated heterocycles. The van der Waals surface area contributed by atoms with Gasteiger partial charge in [-0.25, -0.2) is 9.59 Å². The van der Waals surface area contributed by atoms with Crippen LogP contribution in [-0.4, -0.2) is 22.2 Å². The minimum absolute atomic E-state index is 0.246. The van der Waals surface area contributed by atoms with Gasteiger partial charge in [0.05, 0.1) is 11.1 Å². The largest absolute Gasteiger partial charge is 0.478 e. The third-order valence-electron chi connectivity index (χ3n) is 3.13. The average molecular weight is 282 g/mol. The van der Waals surface area contributed by atoms with E-state index in [4.69, 9.17) is 10.2 Å². The van der Waals surface area contributed by atoms with Crippen molar-refractivity contribution in [2.45, 2.75) is 6.92 Å². The van der Waals surface area contributed by atoms with Crippen molar-refractivity contribution in [2.75, 3.05) is 0 Å². The number of carboxylic acids is 2. The van der Waals surface area contributed by atoms with Crippen molar-refractivity contribution in [2.24, 2.45) is 0 Å². The summed E-state index contributed by atoms with van der Waals surface area (Å²) >= 11 is 0. The summed E-state index contributed by atoms with van der Waals surface area (Å²) in [5.74, 6) is -1.90. The van der Waals surface area contributed by atoms with Gasteiger partial charge in [0.2, 0.25) is 0 Å². The molecule has 0 amide bonds.